The Labute approximate surface area is 152 Å². The summed E-state index contributed by atoms with van der Waals surface area (Å²) >= 11 is 0. The van der Waals surface area contributed by atoms with Gasteiger partial charge in [-0.15, -0.1) is 0 Å². The fourth-order valence-electron chi connectivity index (χ4n) is 3.58. The van der Waals surface area contributed by atoms with E-state index in [4.69, 9.17) is 0 Å². The van der Waals surface area contributed by atoms with Crippen molar-refractivity contribution in [3.8, 4) is 5.75 Å². The Kier molecular flexibility index (Phi) is 5.57. The van der Waals surface area contributed by atoms with E-state index in [9.17, 15) is 19.4 Å². The van der Waals surface area contributed by atoms with Gasteiger partial charge in [-0.2, -0.15) is 0 Å². The number of aliphatic hydroxyl groups excluding tert-OH is 1. The van der Waals surface area contributed by atoms with Crippen molar-refractivity contribution in [3.05, 3.63) is 65.5 Å². The van der Waals surface area contributed by atoms with Gasteiger partial charge in [0.1, 0.15) is 11.6 Å². The van der Waals surface area contributed by atoms with Crippen LogP contribution in [0.25, 0.3) is 0 Å². The number of phenolic OH excluding ortho intramolecular Hbond substituents is 1. The normalized spacial score (nSPS) is 19.7. The van der Waals surface area contributed by atoms with Crippen molar-refractivity contribution < 1.29 is 19.4 Å². The van der Waals surface area contributed by atoms with E-state index in [1.807, 2.05) is 17.0 Å². The molecule has 2 aromatic rings. The number of rotatable bonds is 6. The monoisotopic (exact) mass is 357 g/mol. The highest BCUT2D eigenvalue weighted by Crippen LogP contribution is 2.34. The number of aryl methyl sites for hydroxylation is 1. The van der Waals surface area contributed by atoms with Gasteiger partial charge in [-0.05, 0) is 54.7 Å². The van der Waals surface area contributed by atoms with Crippen molar-refractivity contribution in [2.24, 2.45) is 5.41 Å². The summed E-state index contributed by atoms with van der Waals surface area (Å²) in [5.41, 5.74) is 1.63. The number of hydrogen-bond acceptors (Lipinski definition) is 3. The molecule has 138 valence electrons. The van der Waals surface area contributed by atoms with Crippen LogP contribution in [-0.4, -0.2) is 40.7 Å². The first-order valence-corrected chi connectivity index (χ1v) is 8.91. The lowest BCUT2D eigenvalue weighted by Gasteiger charge is -2.27. The third-order valence-electron chi connectivity index (χ3n) is 5.18. The van der Waals surface area contributed by atoms with E-state index >= 15 is 0 Å². The zero-order valence-corrected chi connectivity index (χ0v) is 14.7. The second kappa shape index (κ2) is 7.87. The number of likely N-dealkylation sites (tertiary alicyclic amines) is 1. The maximum absolute atomic E-state index is 13.1. The van der Waals surface area contributed by atoms with E-state index in [0.717, 1.165) is 17.5 Å². The molecule has 1 aliphatic heterocycles. The SMILES string of the molecule is O=C(CCc1ccc(O)cc1)N1CCC(CO)(Cc2ccc(F)cc2)C1. The minimum absolute atomic E-state index is 0.00607. The van der Waals surface area contributed by atoms with Gasteiger partial charge in [0.15, 0.2) is 0 Å². The largest absolute Gasteiger partial charge is 0.508 e. The van der Waals surface area contributed by atoms with Gasteiger partial charge in [0, 0.05) is 24.9 Å². The average Bonchev–Trinajstić information content (AvgIpc) is 3.08. The van der Waals surface area contributed by atoms with Crippen LogP contribution in [0, 0.1) is 11.2 Å². The quantitative estimate of drug-likeness (QED) is 0.836. The van der Waals surface area contributed by atoms with Crippen LogP contribution in [0.15, 0.2) is 48.5 Å². The number of carbonyl (C=O) groups excluding carboxylic acids is 1. The fraction of sp³-hybridized carbons (Fsp3) is 0.381. The minimum atomic E-state index is -0.355. The molecule has 4 nitrogen and oxygen atoms in total. The zero-order valence-electron chi connectivity index (χ0n) is 14.7. The van der Waals surface area contributed by atoms with Crippen LogP contribution in [-0.2, 0) is 17.6 Å². The Balaban J connectivity index is 1.57. The van der Waals surface area contributed by atoms with Gasteiger partial charge in [-0.3, -0.25) is 4.79 Å². The van der Waals surface area contributed by atoms with E-state index in [0.29, 0.717) is 32.4 Å². The standard InChI is InChI=1S/C21H24FNO3/c22-18-6-1-17(2-7-18)13-21(15-24)11-12-23(14-21)20(26)10-5-16-3-8-19(25)9-4-16/h1-4,6-9,24-25H,5,10-15H2. The second-order valence-corrected chi connectivity index (χ2v) is 7.19. The lowest BCUT2D eigenvalue weighted by Crippen LogP contribution is -2.35. The maximum atomic E-state index is 13.1. The molecule has 0 bridgehead atoms. The molecule has 1 heterocycles. The molecule has 0 aromatic heterocycles. The van der Waals surface area contributed by atoms with Gasteiger partial charge >= 0.3 is 0 Å². The van der Waals surface area contributed by atoms with Crippen molar-refractivity contribution in [1.82, 2.24) is 4.90 Å². The van der Waals surface area contributed by atoms with Crippen LogP contribution in [0.2, 0.25) is 0 Å². The smallest absolute Gasteiger partial charge is 0.222 e. The predicted molar refractivity (Wildman–Crippen MR) is 97.2 cm³/mol. The number of aromatic hydroxyl groups is 1. The predicted octanol–water partition coefficient (Wildman–Crippen LogP) is 2.92. The Morgan fingerprint density at radius 2 is 1.73 bits per heavy atom. The molecular weight excluding hydrogens is 333 g/mol. The van der Waals surface area contributed by atoms with Crippen LogP contribution in [0.5, 0.6) is 5.75 Å². The maximum Gasteiger partial charge on any atom is 0.222 e. The van der Waals surface area contributed by atoms with Crippen molar-refractivity contribution in [1.29, 1.82) is 0 Å². The minimum Gasteiger partial charge on any atom is -0.508 e. The Bertz CT molecular complexity index is 745. The van der Waals surface area contributed by atoms with Gasteiger partial charge in [0.05, 0.1) is 6.61 Å². The summed E-state index contributed by atoms with van der Waals surface area (Å²) < 4.78 is 13.1. The molecule has 1 saturated heterocycles. The summed E-state index contributed by atoms with van der Waals surface area (Å²) in [5, 5.41) is 19.2. The van der Waals surface area contributed by atoms with E-state index in [1.54, 1.807) is 24.3 Å². The van der Waals surface area contributed by atoms with Crippen LogP contribution in [0.3, 0.4) is 0 Å². The molecule has 26 heavy (non-hydrogen) atoms. The third kappa shape index (κ3) is 4.41. The fourth-order valence-corrected chi connectivity index (χ4v) is 3.58. The van der Waals surface area contributed by atoms with E-state index in [1.165, 1.54) is 12.1 Å². The lowest BCUT2D eigenvalue weighted by molar-refractivity contribution is -0.130. The summed E-state index contributed by atoms with van der Waals surface area (Å²) in [6.07, 6.45) is 2.40. The lowest BCUT2D eigenvalue weighted by atomic mass is 9.81. The van der Waals surface area contributed by atoms with Crippen molar-refractivity contribution in [2.75, 3.05) is 19.7 Å². The molecule has 1 fully saturated rings. The molecule has 0 saturated carbocycles. The molecule has 0 spiro atoms. The molecule has 1 aliphatic rings. The first-order valence-electron chi connectivity index (χ1n) is 8.91. The number of aliphatic hydroxyl groups is 1. The molecular formula is C21H24FNO3. The molecule has 0 radical (unpaired) electrons. The van der Waals surface area contributed by atoms with Crippen LogP contribution in [0.4, 0.5) is 4.39 Å². The van der Waals surface area contributed by atoms with Gasteiger partial charge in [-0.1, -0.05) is 24.3 Å². The summed E-state index contributed by atoms with van der Waals surface area (Å²) in [4.78, 5) is 14.4. The molecule has 3 rings (SSSR count). The molecule has 5 heteroatoms. The number of benzene rings is 2. The number of phenols is 1. The van der Waals surface area contributed by atoms with Gasteiger partial charge < -0.3 is 15.1 Å². The Morgan fingerprint density at radius 1 is 1.08 bits per heavy atom. The number of amides is 1. The number of carbonyl (C=O) groups is 1. The second-order valence-electron chi connectivity index (χ2n) is 7.19. The topological polar surface area (TPSA) is 60.8 Å². The number of hydrogen-bond donors (Lipinski definition) is 2. The molecule has 1 atom stereocenters. The third-order valence-corrected chi connectivity index (χ3v) is 5.18. The molecule has 1 amide bonds. The van der Waals surface area contributed by atoms with Crippen molar-refractivity contribution in [3.63, 3.8) is 0 Å². The van der Waals surface area contributed by atoms with Gasteiger partial charge in [0.2, 0.25) is 5.91 Å². The van der Waals surface area contributed by atoms with E-state index < -0.39 is 0 Å². The Morgan fingerprint density at radius 3 is 2.38 bits per heavy atom. The molecule has 0 aliphatic carbocycles. The first-order chi connectivity index (χ1) is 12.5. The van der Waals surface area contributed by atoms with E-state index in [2.05, 4.69) is 0 Å². The van der Waals surface area contributed by atoms with Gasteiger partial charge in [0.25, 0.3) is 0 Å². The summed E-state index contributed by atoms with van der Waals surface area (Å²) in [5.74, 6) is 0.0184. The highest BCUT2D eigenvalue weighted by molar-refractivity contribution is 5.76. The highest BCUT2D eigenvalue weighted by Gasteiger charge is 2.39. The van der Waals surface area contributed by atoms with Crippen LogP contribution in [0.1, 0.15) is 24.0 Å². The summed E-state index contributed by atoms with van der Waals surface area (Å²) in [7, 11) is 0. The highest BCUT2D eigenvalue weighted by atomic mass is 19.1. The van der Waals surface area contributed by atoms with E-state index in [-0.39, 0.29) is 29.5 Å². The Hall–Kier alpha value is -2.40. The number of nitrogens with zero attached hydrogens (tertiary/aromatic N) is 1. The molecule has 1 unspecified atom stereocenters. The summed E-state index contributed by atoms with van der Waals surface area (Å²) in [6, 6.07) is 13.2. The van der Waals surface area contributed by atoms with Crippen LogP contribution < -0.4 is 0 Å². The van der Waals surface area contributed by atoms with Crippen LogP contribution >= 0.6 is 0 Å². The van der Waals surface area contributed by atoms with Crippen molar-refractivity contribution >= 4 is 5.91 Å². The first kappa shape index (κ1) is 18.4. The summed E-state index contributed by atoms with van der Waals surface area (Å²) in [6.45, 7) is 1.16. The molecule has 2 N–H and O–H groups in total. The van der Waals surface area contributed by atoms with Gasteiger partial charge in [-0.25, -0.2) is 4.39 Å². The zero-order chi connectivity index (χ0) is 18.6. The average molecular weight is 357 g/mol. The molecule has 2 aromatic carbocycles. The number of halogens is 1. The van der Waals surface area contributed by atoms with Crippen molar-refractivity contribution in [2.45, 2.75) is 25.7 Å².